The highest BCUT2D eigenvalue weighted by Gasteiger charge is 2.19. The van der Waals surface area contributed by atoms with Crippen molar-refractivity contribution < 1.29 is 19.1 Å². The first-order chi connectivity index (χ1) is 9.72. The van der Waals surface area contributed by atoms with Crippen LogP contribution < -0.4 is 9.47 Å². The van der Waals surface area contributed by atoms with E-state index in [2.05, 4.69) is 0 Å². The number of amides is 1. The van der Waals surface area contributed by atoms with Gasteiger partial charge in [0.15, 0.2) is 11.5 Å². The predicted molar refractivity (Wildman–Crippen MR) is 72.4 cm³/mol. The molecular formula is C15H15NO4. The number of Topliss-reactive ketones (excluding diaryl/α,β-unsaturated/α-hetero) is 1. The van der Waals surface area contributed by atoms with E-state index in [0.717, 1.165) is 11.3 Å². The summed E-state index contributed by atoms with van der Waals surface area (Å²) in [5.74, 6) is 1.59. The number of hydrogen-bond acceptors (Lipinski definition) is 4. The number of fused-ring (bicyclic) bond motifs is 1. The van der Waals surface area contributed by atoms with E-state index in [9.17, 15) is 9.59 Å². The highest BCUT2D eigenvalue weighted by Crippen LogP contribution is 2.32. The van der Waals surface area contributed by atoms with Crippen molar-refractivity contribution in [3.8, 4) is 11.5 Å². The average molecular weight is 273 g/mol. The van der Waals surface area contributed by atoms with Gasteiger partial charge in [0.2, 0.25) is 12.7 Å². The Hall–Kier alpha value is -2.30. The van der Waals surface area contributed by atoms with Gasteiger partial charge in [-0.05, 0) is 23.8 Å². The average Bonchev–Trinajstić information content (AvgIpc) is 2.93. The molecule has 0 saturated carbocycles. The lowest BCUT2D eigenvalue weighted by Gasteiger charge is -2.24. The largest absolute Gasteiger partial charge is 0.454 e. The van der Waals surface area contributed by atoms with Crippen LogP contribution in [0.5, 0.6) is 11.5 Å². The number of piperidine rings is 1. The van der Waals surface area contributed by atoms with Gasteiger partial charge in [0.05, 0.1) is 0 Å². The molecule has 0 atom stereocenters. The van der Waals surface area contributed by atoms with E-state index in [4.69, 9.17) is 9.47 Å². The smallest absolute Gasteiger partial charge is 0.246 e. The highest BCUT2D eigenvalue weighted by molar-refractivity contribution is 5.93. The lowest BCUT2D eigenvalue weighted by atomic mass is 10.1. The number of carbonyl (C=O) groups is 2. The third kappa shape index (κ3) is 2.66. The van der Waals surface area contributed by atoms with Gasteiger partial charge < -0.3 is 14.4 Å². The number of benzene rings is 1. The van der Waals surface area contributed by atoms with Gasteiger partial charge in [-0.15, -0.1) is 0 Å². The summed E-state index contributed by atoms with van der Waals surface area (Å²) < 4.78 is 10.5. The second-order valence-electron chi connectivity index (χ2n) is 4.81. The van der Waals surface area contributed by atoms with Crippen LogP contribution in [0.25, 0.3) is 6.08 Å². The van der Waals surface area contributed by atoms with Crippen molar-refractivity contribution in [3.63, 3.8) is 0 Å². The van der Waals surface area contributed by atoms with Gasteiger partial charge in [0.25, 0.3) is 0 Å². The first-order valence-corrected chi connectivity index (χ1v) is 6.61. The van der Waals surface area contributed by atoms with Crippen LogP contribution >= 0.6 is 0 Å². The third-order valence-corrected chi connectivity index (χ3v) is 3.45. The van der Waals surface area contributed by atoms with E-state index >= 15 is 0 Å². The van der Waals surface area contributed by atoms with Gasteiger partial charge >= 0.3 is 0 Å². The molecule has 0 unspecified atom stereocenters. The van der Waals surface area contributed by atoms with Crippen molar-refractivity contribution >= 4 is 17.8 Å². The van der Waals surface area contributed by atoms with E-state index < -0.39 is 0 Å². The summed E-state index contributed by atoms with van der Waals surface area (Å²) in [6, 6.07) is 5.54. The van der Waals surface area contributed by atoms with Crippen LogP contribution in [0.1, 0.15) is 18.4 Å². The normalized spacial score (nSPS) is 17.8. The minimum absolute atomic E-state index is 0.0600. The lowest BCUT2D eigenvalue weighted by Crippen LogP contribution is -2.37. The predicted octanol–water partition coefficient (Wildman–Crippen LogP) is 1.62. The van der Waals surface area contributed by atoms with Crippen molar-refractivity contribution in [2.45, 2.75) is 12.8 Å². The Morgan fingerprint density at radius 1 is 1.15 bits per heavy atom. The van der Waals surface area contributed by atoms with E-state index in [1.165, 1.54) is 6.08 Å². The summed E-state index contributed by atoms with van der Waals surface area (Å²) in [6.45, 7) is 1.27. The molecule has 0 bridgehead atoms. The number of rotatable bonds is 2. The number of carbonyl (C=O) groups excluding carboxylic acids is 2. The molecule has 1 saturated heterocycles. The first-order valence-electron chi connectivity index (χ1n) is 6.61. The number of nitrogens with zero attached hydrogens (tertiary/aromatic N) is 1. The van der Waals surface area contributed by atoms with E-state index in [1.807, 2.05) is 18.2 Å². The van der Waals surface area contributed by atoms with Crippen LogP contribution in [0, 0.1) is 0 Å². The molecule has 5 nitrogen and oxygen atoms in total. The molecule has 2 aliphatic rings. The maximum atomic E-state index is 12.0. The number of ketones is 1. The second-order valence-corrected chi connectivity index (χ2v) is 4.81. The van der Waals surface area contributed by atoms with Crippen molar-refractivity contribution in [2.24, 2.45) is 0 Å². The minimum Gasteiger partial charge on any atom is -0.454 e. The molecule has 0 spiro atoms. The molecule has 1 amide bonds. The molecule has 104 valence electrons. The summed E-state index contributed by atoms with van der Waals surface area (Å²) in [6.07, 6.45) is 4.21. The number of hydrogen-bond donors (Lipinski definition) is 0. The van der Waals surface area contributed by atoms with Crippen molar-refractivity contribution in [1.82, 2.24) is 4.90 Å². The molecule has 1 fully saturated rings. The summed E-state index contributed by atoms with van der Waals surface area (Å²) in [5.41, 5.74) is 0.885. The molecule has 1 aromatic carbocycles. The molecule has 0 N–H and O–H groups in total. The number of ether oxygens (including phenoxy) is 2. The third-order valence-electron chi connectivity index (χ3n) is 3.45. The van der Waals surface area contributed by atoms with Crippen molar-refractivity contribution in [2.75, 3.05) is 19.9 Å². The maximum Gasteiger partial charge on any atom is 0.246 e. The topological polar surface area (TPSA) is 55.8 Å². The van der Waals surface area contributed by atoms with Crippen LogP contribution in [-0.4, -0.2) is 36.5 Å². The fraction of sp³-hybridized carbons (Fsp3) is 0.333. The summed E-state index contributed by atoms with van der Waals surface area (Å²) >= 11 is 0. The molecule has 2 heterocycles. The van der Waals surface area contributed by atoms with Gasteiger partial charge in [0.1, 0.15) is 5.78 Å². The van der Waals surface area contributed by atoms with Gasteiger partial charge in [-0.1, -0.05) is 6.07 Å². The van der Waals surface area contributed by atoms with Crippen LogP contribution in [0.15, 0.2) is 24.3 Å². The molecule has 1 aromatic rings. The van der Waals surface area contributed by atoms with Gasteiger partial charge in [-0.2, -0.15) is 0 Å². The van der Waals surface area contributed by atoms with E-state index in [0.29, 0.717) is 31.7 Å². The Kier molecular flexibility index (Phi) is 3.41. The monoisotopic (exact) mass is 273 g/mol. The van der Waals surface area contributed by atoms with Crippen molar-refractivity contribution in [3.05, 3.63) is 29.8 Å². The molecule has 5 heteroatoms. The molecular weight excluding hydrogens is 258 g/mol. The van der Waals surface area contributed by atoms with Crippen LogP contribution in [0.3, 0.4) is 0 Å². The van der Waals surface area contributed by atoms with Gasteiger partial charge in [-0.3, -0.25) is 9.59 Å². The Bertz CT molecular complexity index is 569. The van der Waals surface area contributed by atoms with Crippen LogP contribution in [-0.2, 0) is 9.59 Å². The van der Waals surface area contributed by atoms with Crippen LogP contribution in [0.2, 0.25) is 0 Å². The zero-order chi connectivity index (χ0) is 13.9. The Morgan fingerprint density at radius 3 is 2.70 bits per heavy atom. The summed E-state index contributed by atoms with van der Waals surface area (Å²) in [7, 11) is 0. The summed E-state index contributed by atoms with van der Waals surface area (Å²) in [4.78, 5) is 24.8. The van der Waals surface area contributed by atoms with Gasteiger partial charge in [0, 0.05) is 32.0 Å². The molecule has 20 heavy (non-hydrogen) atoms. The zero-order valence-corrected chi connectivity index (χ0v) is 11.0. The Labute approximate surface area is 116 Å². The minimum atomic E-state index is -0.0600. The summed E-state index contributed by atoms with van der Waals surface area (Å²) in [5, 5.41) is 0. The lowest BCUT2D eigenvalue weighted by molar-refractivity contribution is -0.130. The second kappa shape index (κ2) is 5.36. The van der Waals surface area contributed by atoms with Crippen LogP contribution in [0.4, 0.5) is 0 Å². The standard InChI is InChI=1S/C15H15NO4/c17-12-5-7-16(8-6-12)15(18)4-2-11-1-3-13-14(9-11)20-10-19-13/h1-4,9H,5-8,10H2/b4-2+. The first kappa shape index (κ1) is 12.7. The molecule has 2 aliphatic heterocycles. The highest BCUT2D eigenvalue weighted by atomic mass is 16.7. The molecule has 3 rings (SSSR count). The Balaban J connectivity index is 1.65. The zero-order valence-electron chi connectivity index (χ0n) is 11.0. The van der Waals surface area contributed by atoms with Crippen molar-refractivity contribution in [1.29, 1.82) is 0 Å². The SMILES string of the molecule is O=C1CCN(C(=O)/C=C/c2ccc3c(c2)OCO3)CC1. The molecule has 0 aromatic heterocycles. The maximum absolute atomic E-state index is 12.0. The van der Waals surface area contributed by atoms with E-state index in [-0.39, 0.29) is 18.5 Å². The number of likely N-dealkylation sites (tertiary alicyclic amines) is 1. The van der Waals surface area contributed by atoms with E-state index in [1.54, 1.807) is 11.0 Å². The molecule has 0 aliphatic carbocycles. The van der Waals surface area contributed by atoms with Gasteiger partial charge in [-0.25, -0.2) is 0 Å². The Morgan fingerprint density at radius 2 is 1.90 bits per heavy atom. The molecule has 0 radical (unpaired) electrons. The fourth-order valence-electron chi connectivity index (χ4n) is 2.27. The quantitative estimate of drug-likeness (QED) is 0.768. The fourth-order valence-corrected chi connectivity index (χ4v) is 2.27.